The summed E-state index contributed by atoms with van der Waals surface area (Å²) in [4.78, 5) is 12.2. The maximum atomic E-state index is 12.2. The smallest absolute Gasteiger partial charge is 0.277 e. The van der Waals surface area contributed by atoms with Crippen LogP contribution in [0.4, 0.5) is 5.69 Å². The molecule has 9 heteroatoms. The summed E-state index contributed by atoms with van der Waals surface area (Å²) in [5.41, 5.74) is 2.24. The second kappa shape index (κ2) is 8.99. The molecule has 1 aromatic heterocycles. The number of aromatic nitrogens is 2. The van der Waals surface area contributed by atoms with Crippen LogP contribution < -0.4 is 14.8 Å². The Morgan fingerprint density at radius 2 is 2.00 bits per heavy atom. The topological polar surface area (TPSA) is 86.5 Å². The summed E-state index contributed by atoms with van der Waals surface area (Å²) < 4.78 is 16.2. The molecular formula is C19H18ClN3O4S. The Kier molecular flexibility index (Phi) is 6.43. The maximum absolute atomic E-state index is 12.2. The molecule has 7 nitrogen and oxygen atoms in total. The van der Waals surface area contributed by atoms with Gasteiger partial charge in [-0.05, 0) is 36.8 Å². The Morgan fingerprint density at radius 3 is 2.75 bits per heavy atom. The van der Waals surface area contributed by atoms with Crippen LogP contribution in [0.15, 0.2) is 46.0 Å². The number of methoxy groups -OCH3 is 2. The third kappa shape index (κ3) is 4.76. The van der Waals surface area contributed by atoms with Gasteiger partial charge in [0.05, 0.1) is 25.5 Å². The number of halogens is 1. The molecule has 28 heavy (non-hydrogen) atoms. The lowest BCUT2D eigenvalue weighted by molar-refractivity contribution is -0.113. The first kappa shape index (κ1) is 20.0. The Bertz CT molecular complexity index is 993. The molecule has 0 bridgehead atoms. The number of rotatable bonds is 7. The molecule has 0 radical (unpaired) electrons. The number of hydrogen-bond donors (Lipinski definition) is 1. The minimum absolute atomic E-state index is 0.118. The van der Waals surface area contributed by atoms with Crippen LogP contribution in [0.5, 0.6) is 11.5 Å². The fraction of sp³-hybridized carbons (Fsp3) is 0.211. The third-order valence-corrected chi connectivity index (χ3v) is 4.90. The van der Waals surface area contributed by atoms with Gasteiger partial charge >= 0.3 is 0 Å². The van der Waals surface area contributed by atoms with Crippen molar-refractivity contribution >= 4 is 35.0 Å². The first-order valence-corrected chi connectivity index (χ1v) is 9.61. The van der Waals surface area contributed by atoms with Crippen LogP contribution >= 0.6 is 23.4 Å². The molecule has 1 heterocycles. The van der Waals surface area contributed by atoms with E-state index in [1.165, 1.54) is 0 Å². The first-order valence-electron chi connectivity index (χ1n) is 8.25. The number of anilines is 1. The molecule has 0 aliphatic rings. The van der Waals surface area contributed by atoms with E-state index in [1.807, 2.05) is 13.0 Å². The molecule has 0 aliphatic carbocycles. The molecule has 0 saturated carbocycles. The molecule has 3 rings (SSSR count). The average Bonchev–Trinajstić information content (AvgIpc) is 3.17. The molecule has 0 aliphatic heterocycles. The van der Waals surface area contributed by atoms with Crippen molar-refractivity contribution in [2.24, 2.45) is 0 Å². The van der Waals surface area contributed by atoms with E-state index in [2.05, 4.69) is 15.5 Å². The lowest BCUT2D eigenvalue weighted by Gasteiger charge is -2.08. The number of thioether (sulfide) groups is 1. The van der Waals surface area contributed by atoms with Crippen molar-refractivity contribution in [2.75, 3.05) is 25.3 Å². The van der Waals surface area contributed by atoms with Crippen molar-refractivity contribution < 1.29 is 18.7 Å². The lowest BCUT2D eigenvalue weighted by atomic mass is 10.2. The number of nitrogens with one attached hydrogen (secondary N) is 1. The van der Waals surface area contributed by atoms with Gasteiger partial charge in [-0.15, -0.1) is 10.2 Å². The van der Waals surface area contributed by atoms with Gasteiger partial charge in [0, 0.05) is 16.8 Å². The van der Waals surface area contributed by atoms with Crippen molar-refractivity contribution in [1.29, 1.82) is 0 Å². The summed E-state index contributed by atoms with van der Waals surface area (Å²) in [7, 11) is 3.12. The average molecular weight is 420 g/mol. The molecule has 0 unspecified atom stereocenters. The summed E-state index contributed by atoms with van der Waals surface area (Å²) in [6.07, 6.45) is 0. The summed E-state index contributed by atoms with van der Waals surface area (Å²) >= 11 is 7.11. The Morgan fingerprint density at radius 1 is 1.18 bits per heavy atom. The zero-order chi connectivity index (χ0) is 20.1. The van der Waals surface area contributed by atoms with E-state index in [0.717, 1.165) is 17.3 Å². The van der Waals surface area contributed by atoms with Gasteiger partial charge in [0.15, 0.2) is 0 Å². The summed E-state index contributed by atoms with van der Waals surface area (Å²) in [5, 5.41) is 11.7. The number of carbonyl (C=O) groups excluding carboxylic acids is 1. The number of ether oxygens (including phenoxy) is 2. The van der Waals surface area contributed by atoms with Crippen molar-refractivity contribution in [2.45, 2.75) is 12.1 Å². The quantitative estimate of drug-likeness (QED) is 0.566. The van der Waals surface area contributed by atoms with Gasteiger partial charge in [-0.3, -0.25) is 4.79 Å². The number of benzene rings is 2. The zero-order valence-corrected chi connectivity index (χ0v) is 17.1. The fourth-order valence-electron chi connectivity index (χ4n) is 2.39. The number of carbonyl (C=O) groups is 1. The van der Waals surface area contributed by atoms with Crippen LogP contribution in [0.2, 0.25) is 5.02 Å². The third-order valence-electron chi connectivity index (χ3n) is 3.85. The zero-order valence-electron chi connectivity index (χ0n) is 15.5. The number of aryl methyl sites for hydroxylation is 1. The van der Waals surface area contributed by atoms with E-state index in [1.54, 1.807) is 44.6 Å². The van der Waals surface area contributed by atoms with Gasteiger partial charge in [0.25, 0.3) is 11.1 Å². The molecular weight excluding hydrogens is 402 g/mol. The molecule has 2 aromatic carbocycles. The van der Waals surface area contributed by atoms with E-state index < -0.39 is 0 Å². The predicted octanol–water partition coefficient (Wildman–Crippen LogP) is 4.45. The first-order chi connectivity index (χ1) is 13.5. The SMILES string of the molecule is COc1ccc(-c2nnc(SCC(=O)Nc3cc(Cl)ccc3C)o2)c(OC)c1. The minimum Gasteiger partial charge on any atom is -0.497 e. The molecule has 0 fully saturated rings. The molecule has 1 N–H and O–H groups in total. The van der Waals surface area contributed by atoms with Crippen LogP contribution in [0.3, 0.4) is 0 Å². The molecule has 1 amide bonds. The Hall–Kier alpha value is -2.71. The van der Waals surface area contributed by atoms with Gasteiger partial charge < -0.3 is 19.2 Å². The highest BCUT2D eigenvalue weighted by molar-refractivity contribution is 7.99. The predicted molar refractivity (Wildman–Crippen MR) is 108 cm³/mol. The van der Waals surface area contributed by atoms with E-state index in [0.29, 0.717) is 33.7 Å². The number of amides is 1. The van der Waals surface area contributed by atoms with Crippen LogP contribution in [0.25, 0.3) is 11.5 Å². The molecule has 3 aromatic rings. The molecule has 0 spiro atoms. The minimum atomic E-state index is -0.197. The van der Waals surface area contributed by atoms with E-state index in [9.17, 15) is 4.79 Å². The number of nitrogens with zero attached hydrogens (tertiary/aromatic N) is 2. The second-order valence-electron chi connectivity index (χ2n) is 5.74. The fourth-order valence-corrected chi connectivity index (χ4v) is 3.13. The lowest BCUT2D eigenvalue weighted by Crippen LogP contribution is -2.14. The van der Waals surface area contributed by atoms with Gasteiger partial charge in [0.1, 0.15) is 11.5 Å². The van der Waals surface area contributed by atoms with Crippen LogP contribution in [0.1, 0.15) is 5.56 Å². The normalized spacial score (nSPS) is 10.6. The van der Waals surface area contributed by atoms with Crippen LogP contribution in [-0.2, 0) is 4.79 Å². The van der Waals surface area contributed by atoms with E-state index in [4.69, 9.17) is 25.5 Å². The van der Waals surface area contributed by atoms with Crippen molar-refractivity contribution in [3.05, 3.63) is 47.0 Å². The molecule has 0 saturated heterocycles. The van der Waals surface area contributed by atoms with Gasteiger partial charge in [0.2, 0.25) is 5.91 Å². The summed E-state index contributed by atoms with van der Waals surface area (Å²) in [6.45, 7) is 1.89. The van der Waals surface area contributed by atoms with Crippen LogP contribution in [0, 0.1) is 6.92 Å². The summed E-state index contributed by atoms with van der Waals surface area (Å²) in [5.74, 6) is 1.43. The van der Waals surface area contributed by atoms with Crippen molar-refractivity contribution in [3.63, 3.8) is 0 Å². The second-order valence-corrected chi connectivity index (χ2v) is 7.10. The van der Waals surface area contributed by atoms with E-state index >= 15 is 0 Å². The molecule has 0 atom stereocenters. The van der Waals surface area contributed by atoms with E-state index in [-0.39, 0.29) is 16.9 Å². The van der Waals surface area contributed by atoms with Gasteiger partial charge in [-0.1, -0.05) is 29.4 Å². The Balaban J connectivity index is 1.65. The molecule has 146 valence electrons. The summed E-state index contributed by atoms with van der Waals surface area (Å²) in [6, 6.07) is 10.6. The monoisotopic (exact) mass is 419 g/mol. The van der Waals surface area contributed by atoms with Crippen molar-refractivity contribution in [3.8, 4) is 23.0 Å². The Labute approximate surface area is 171 Å². The van der Waals surface area contributed by atoms with Gasteiger partial charge in [-0.25, -0.2) is 0 Å². The van der Waals surface area contributed by atoms with Gasteiger partial charge in [-0.2, -0.15) is 0 Å². The number of hydrogen-bond acceptors (Lipinski definition) is 7. The largest absolute Gasteiger partial charge is 0.497 e. The maximum Gasteiger partial charge on any atom is 0.277 e. The van der Waals surface area contributed by atoms with Crippen molar-refractivity contribution in [1.82, 2.24) is 10.2 Å². The highest BCUT2D eigenvalue weighted by Gasteiger charge is 2.16. The van der Waals surface area contributed by atoms with Crippen LogP contribution in [-0.4, -0.2) is 36.1 Å². The standard InChI is InChI=1S/C19H18ClN3O4S/c1-11-4-5-12(20)8-15(11)21-17(24)10-28-19-23-22-18(27-19)14-7-6-13(25-2)9-16(14)26-3/h4-9H,10H2,1-3H3,(H,21,24). The highest BCUT2D eigenvalue weighted by atomic mass is 35.5. The highest BCUT2D eigenvalue weighted by Crippen LogP contribution is 2.33.